The Bertz CT molecular complexity index is 3050. The molecule has 0 spiro atoms. The summed E-state index contributed by atoms with van der Waals surface area (Å²) in [4.78, 5) is 43.7. The van der Waals surface area contributed by atoms with E-state index in [0.29, 0.717) is 24.9 Å². The molecule has 0 saturated heterocycles. The van der Waals surface area contributed by atoms with Crippen LogP contribution in [-0.2, 0) is 4.79 Å². The highest BCUT2D eigenvalue weighted by Gasteiger charge is 2.20. The zero-order valence-corrected chi connectivity index (χ0v) is 36.3. The van der Waals surface area contributed by atoms with E-state index >= 15 is 0 Å². The number of carbonyl (C=O) groups is 2. The number of hydrogen-bond donors (Lipinski definition) is 4. The van der Waals surface area contributed by atoms with Gasteiger partial charge in [-0.15, -0.1) is 0 Å². The van der Waals surface area contributed by atoms with Crippen molar-refractivity contribution in [2.45, 2.75) is 46.6 Å². The fourth-order valence-corrected chi connectivity index (χ4v) is 8.53. The number of aryl methyl sites for hydroxylation is 3. The predicted molar refractivity (Wildman–Crippen MR) is 260 cm³/mol. The monoisotopic (exact) mass is 826 g/mol. The number of Topliss-reactive ketones (excluding diaryl/α,β-unsaturated/α-hetero) is 1. The largest absolute Gasteiger partial charge is 0.354 e. The van der Waals surface area contributed by atoms with Crippen LogP contribution in [0.4, 0.5) is 0 Å². The normalized spacial score (nSPS) is 12.4. The Hall–Kier alpha value is -7.42. The van der Waals surface area contributed by atoms with E-state index in [1.165, 1.54) is 16.7 Å². The lowest BCUT2D eigenvalue weighted by Gasteiger charge is -2.12. The topological polar surface area (TPSA) is 116 Å². The van der Waals surface area contributed by atoms with Crippen LogP contribution in [0.1, 0.15) is 69.6 Å². The number of amides is 1. The van der Waals surface area contributed by atoms with Crippen LogP contribution in [0.15, 0.2) is 121 Å². The maximum Gasteiger partial charge on any atom is 0.251 e. The molecule has 1 atom stereocenters. The number of likely N-dealkylation sites (N-methyl/N-ethyl adjacent to an activating group) is 1. The van der Waals surface area contributed by atoms with Crippen LogP contribution in [0.25, 0.3) is 90.9 Å². The second kappa shape index (κ2) is 17.5. The average Bonchev–Trinajstić information content (AvgIpc) is 4.14. The zero-order valence-electron chi connectivity index (χ0n) is 36.3. The van der Waals surface area contributed by atoms with Gasteiger partial charge in [0.25, 0.3) is 5.91 Å². The first kappa shape index (κ1) is 41.0. The van der Waals surface area contributed by atoms with Gasteiger partial charge in [0.1, 0.15) is 5.78 Å². The van der Waals surface area contributed by atoms with Gasteiger partial charge >= 0.3 is 0 Å². The second-order valence-electron chi connectivity index (χ2n) is 16.5. The van der Waals surface area contributed by atoms with E-state index in [0.717, 1.165) is 89.4 Å². The molecule has 0 aliphatic carbocycles. The number of benzene rings is 4. The van der Waals surface area contributed by atoms with Gasteiger partial charge in [-0.25, -0.2) is 9.97 Å². The standard InChI is InChI=1S/C55H50N6O2/c1-33-8-14-37(15-9-33)51-43-24-26-45(58-43)52(38-16-10-34(2)11-17-38)47-28-30-49(60-47)54(40-20-22-41(23-21-40)55(63)57-32-6-7-42(56-5)36(4)62)50-31-29-48(61-50)53(46-27-25-44(51)59-46)39-18-12-35(3)13-19-39/h8-31,42,56,58,61H,6-7,32H2,1-5H3,(H,57,63). The number of ketones is 1. The maximum absolute atomic E-state index is 13.3. The minimum absolute atomic E-state index is 0.0936. The molecule has 8 nitrogen and oxygen atoms in total. The summed E-state index contributed by atoms with van der Waals surface area (Å²) >= 11 is 0. The van der Waals surface area contributed by atoms with E-state index in [1.807, 2.05) is 24.3 Å². The van der Waals surface area contributed by atoms with Crippen LogP contribution in [0, 0.1) is 20.8 Å². The van der Waals surface area contributed by atoms with Crippen molar-refractivity contribution in [1.29, 1.82) is 0 Å². The molecule has 4 N–H and O–H groups in total. The molecule has 2 aliphatic rings. The van der Waals surface area contributed by atoms with Crippen molar-refractivity contribution in [3.63, 3.8) is 0 Å². The number of hydrogen-bond acceptors (Lipinski definition) is 5. The van der Waals surface area contributed by atoms with Crippen molar-refractivity contribution in [3.8, 4) is 44.5 Å². The van der Waals surface area contributed by atoms with Crippen molar-refractivity contribution in [2.24, 2.45) is 0 Å². The smallest absolute Gasteiger partial charge is 0.251 e. The molecule has 7 aromatic rings. The molecule has 2 aliphatic heterocycles. The van der Waals surface area contributed by atoms with Crippen molar-refractivity contribution >= 4 is 58.1 Å². The van der Waals surface area contributed by atoms with Crippen molar-refractivity contribution < 1.29 is 9.59 Å². The molecule has 1 amide bonds. The molecule has 312 valence electrons. The van der Waals surface area contributed by atoms with Gasteiger partial charge in [0.2, 0.25) is 0 Å². The SMILES string of the molecule is CNC(CCCNC(=O)c1ccc(-c2c3nc(c(-c4ccc(C)cc4)c4ccc([nH]4)c(-c4ccc(C)cc4)c4nc(c(-c5ccc(C)cc5)c5ccc2[nH]5)C=C4)C=C3)cc1)C(C)=O. The third-order valence-corrected chi connectivity index (χ3v) is 12.0. The lowest BCUT2D eigenvalue weighted by molar-refractivity contribution is -0.119. The van der Waals surface area contributed by atoms with E-state index in [4.69, 9.17) is 9.97 Å². The fourth-order valence-electron chi connectivity index (χ4n) is 8.53. The first-order chi connectivity index (χ1) is 30.6. The summed E-state index contributed by atoms with van der Waals surface area (Å²) < 4.78 is 0. The second-order valence-corrected chi connectivity index (χ2v) is 16.5. The van der Waals surface area contributed by atoms with Crippen LogP contribution in [0.3, 0.4) is 0 Å². The highest BCUT2D eigenvalue weighted by Crippen LogP contribution is 2.38. The third-order valence-electron chi connectivity index (χ3n) is 12.0. The van der Waals surface area contributed by atoms with Crippen LogP contribution in [0.2, 0.25) is 0 Å². The van der Waals surface area contributed by atoms with E-state index in [1.54, 1.807) is 14.0 Å². The molecule has 0 radical (unpaired) electrons. The lowest BCUT2D eigenvalue weighted by atomic mass is 10.0. The van der Waals surface area contributed by atoms with E-state index in [-0.39, 0.29) is 17.7 Å². The number of aromatic amines is 2. The Morgan fingerprint density at radius 2 is 0.841 bits per heavy atom. The zero-order chi connectivity index (χ0) is 43.6. The van der Waals surface area contributed by atoms with Crippen LogP contribution >= 0.6 is 0 Å². The summed E-state index contributed by atoms with van der Waals surface area (Å²) in [6, 6.07) is 41.8. The minimum atomic E-state index is -0.212. The molecular formula is C55H50N6O2. The summed E-state index contributed by atoms with van der Waals surface area (Å²) in [5.41, 5.74) is 19.1. The van der Waals surface area contributed by atoms with Gasteiger partial charge in [0.05, 0.1) is 28.8 Å². The molecule has 8 heteroatoms. The summed E-state index contributed by atoms with van der Waals surface area (Å²) in [7, 11) is 1.78. The maximum atomic E-state index is 13.3. The number of H-pyrrole nitrogens is 2. The average molecular weight is 827 g/mol. The van der Waals surface area contributed by atoms with E-state index in [2.05, 4.69) is 163 Å². The van der Waals surface area contributed by atoms with Gasteiger partial charge in [0, 0.05) is 56.4 Å². The number of carbonyl (C=O) groups excluding carboxylic acids is 2. The number of aromatic nitrogens is 4. The molecule has 5 heterocycles. The minimum Gasteiger partial charge on any atom is -0.354 e. The number of fused-ring (bicyclic) bond motifs is 8. The summed E-state index contributed by atoms with van der Waals surface area (Å²) in [6.07, 6.45) is 9.76. The number of nitrogens with zero attached hydrogens (tertiary/aromatic N) is 2. The third kappa shape index (κ3) is 8.46. The summed E-state index contributed by atoms with van der Waals surface area (Å²) in [5, 5.41) is 6.08. The van der Waals surface area contributed by atoms with Crippen LogP contribution < -0.4 is 10.6 Å². The molecule has 4 aromatic carbocycles. The molecular weight excluding hydrogens is 777 g/mol. The molecule has 63 heavy (non-hydrogen) atoms. The molecule has 0 fully saturated rings. The number of rotatable bonds is 11. The summed E-state index contributed by atoms with van der Waals surface area (Å²) in [6.45, 7) is 8.36. The molecule has 9 rings (SSSR count). The highest BCUT2D eigenvalue weighted by molar-refractivity contribution is 6.00. The Balaban J connectivity index is 1.28. The number of nitrogens with one attached hydrogen (secondary N) is 4. The van der Waals surface area contributed by atoms with Crippen molar-refractivity contribution in [2.75, 3.05) is 13.6 Å². The highest BCUT2D eigenvalue weighted by atomic mass is 16.1. The van der Waals surface area contributed by atoms with Crippen LogP contribution in [0.5, 0.6) is 0 Å². The van der Waals surface area contributed by atoms with Crippen molar-refractivity contribution in [1.82, 2.24) is 30.6 Å². The van der Waals surface area contributed by atoms with Gasteiger partial charge in [-0.05, 0) is 131 Å². The summed E-state index contributed by atoms with van der Waals surface area (Å²) in [5.74, 6) is -0.0651. The molecule has 0 saturated carbocycles. The van der Waals surface area contributed by atoms with Gasteiger partial charge in [-0.2, -0.15) is 0 Å². The first-order valence-electron chi connectivity index (χ1n) is 21.6. The van der Waals surface area contributed by atoms with Crippen molar-refractivity contribution in [3.05, 3.63) is 166 Å². The van der Waals surface area contributed by atoms with Crippen LogP contribution in [-0.4, -0.2) is 51.3 Å². The Morgan fingerprint density at radius 1 is 0.508 bits per heavy atom. The molecule has 3 aromatic heterocycles. The van der Waals surface area contributed by atoms with Gasteiger partial charge in [-0.3, -0.25) is 9.59 Å². The Morgan fingerprint density at radius 3 is 1.16 bits per heavy atom. The molecule has 1 unspecified atom stereocenters. The van der Waals surface area contributed by atoms with Gasteiger partial charge < -0.3 is 20.6 Å². The van der Waals surface area contributed by atoms with E-state index in [9.17, 15) is 9.59 Å². The fraction of sp³-hybridized carbons (Fsp3) is 0.164. The lowest BCUT2D eigenvalue weighted by Crippen LogP contribution is -2.33. The van der Waals surface area contributed by atoms with Gasteiger partial charge in [-0.1, -0.05) is 102 Å². The Kier molecular flexibility index (Phi) is 11.4. The first-order valence-corrected chi connectivity index (χ1v) is 21.6. The Labute approximate surface area is 367 Å². The van der Waals surface area contributed by atoms with Gasteiger partial charge in [0.15, 0.2) is 0 Å². The quantitative estimate of drug-likeness (QED) is 0.0969. The predicted octanol–water partition coefficient (Wildman–Crippen LogP) is 11.9. The van der Waals surface area contributed by atoms with E-state index < -0.39 is 0 Å². The molecule has 8 bridgehead atoms.